The molecule has 0 aliphatic carbocycles. The van der Waals surface area contributed by atoms with E-state index in [1.807, 2.05) is 0 Å². The van der Waals surface area contributed by atoms with Crippen LogP contribution >= 0.6 is 0 Å². The van der Waals surface area contributed by atoms with Crippen LogP contribution in [0.3, 0.4) is 0 Å². The second-order valence-corrected chi connectivity index (χ2v) is 3.93. The van der Waals surface area contributed by atoms with E-state index in [2.05, 4.69) is 5.32 Å². The zero-order chi connectivity index (χ0) is 13.7. The summed E-state index contributed by atoms with van der Waals surface area (Å²) in [5.41, 5.74) is 5.25. The minimum atomic E-state index is -0.623. The number of rotatable bonds is 5. The highest BCUT2D eigenvalue weighted by Crippen LogP contribution is 2.28. The van der Waals surface area contributed by atoms with Crippen molar-refractivity contribution in [2.24, 2.45) is 11.7 Å². The first-order chi connectivity index (χ1) is 8.45. The average molecular weight is 253 g/mol. The van der Waals surface area contributed by atoms with Crippen molar-refractivity contribution in [1.82, 2.24) is 0 Å². The third kappa shape index (κ3) is 3.42. The number of hydrogen-bond donors (Lipinski definition) is 3. The predicted molar refractivity (Wildman–Crippen MR) is 66.2 cm³/mol. The summed E-state index contributed by atoms with van der Waals surface area (Å²) in [6.45, 7) is 2.10. The zero-order valence-electron chi connectivity index (χ0n) is 9.92. The lowest BCUT2D eigenvalue weighted by Crippen LogP contribution is -2.22. The molecule has 0 saturated heterocycles. The second kappa shape index (κ2) is 5.97. The number of carbonyl (C=O) groups is 1. The standard InChI is InChI=1S/C11H15N3O4/c1-7(4-5-12)11(16)13-9-3-2-8(14(17)18)6-10(9)15/h2-3,6-7,15H,4-5,12H2,1H3,(H,13,16). The van der Waals surface area contributed by atoms with E-state index < -0.39 is 4.92 Å². The Kier molecular flexibility index (Phi) is 4.61. The highest BCUT2D eigenvalue weighted by atomic mass is 16.6. The molecule has 0 radical (unpaired) electrons. The molecular weight excluding hydrogens is 238 g/mol. The lowest BCUT2D eigenvalue weighted by Gasteiger charge is -2.11. The Labute approximate surface area is 104 Å². The first-order valence-corrected chi connectivity index (χ1v) is 5.44. The second-order valence-electron chi connectivity index (χ2n) is 3.93. The molecule has 1 unspecified atom stereocenters. The van der Waals surface area contributed by atoms with Crippen molar-refractivity contribution in [3.05, 3.63) is 28.3 Å². The van der Waals surface area contributed by atoms with Crippen molar-refractivity contribution in [3.8, 4) is 5.75 Å². The van der Waals surface area contributed by atoms with Crippen molar-refractivity contribution >= 4 is 17.3 Å². The van der Waals surface area contributed by atoms with E-state index in [0.717, 1.165) is 6.07 Å². The molecule has 4 N–H and O–H groups in total. The fourth-order valence-corrected chi connectivity index (χ4v) is 1.38. The molecule has 1 aromatic carbocycles. The van der Waals surface area contributed by atoms with Gasteiger partial charge in [-0.25, -0.2) is 0 Å². The SMILES string of the molecule is CC(CCN)C(=O)Nc1ccc([N+](=O)[O-])cc1O. The molecule has 1 rings (SSSR count). The van der Waals surface area contributed by atoms with Crippen molar-refractivity contribution < 1.29 is 14.8 Å². The number of nitrogens with two attached hydrogens (primary N) is 1. The normalized spacial score (nSPS) is 11.9. The molecule has 1 aromatic rings. The van der Waals surface area contributed by atoms with Gasteiger partial charge in [0.25, 0.3) is 5.69 Å². The van der Waals surface area contributed by atoms with E-state index in [4.69, 9.17) is 5.73 Å². The molecule has 1 amide bonds. The molecule has 0 aliphatic heterocycles. The Balaban J connectivity index is 2.79. The number of nitro benzene ring substituents is 1. The molecule has 0 fully saturated rings. The van der Waals surface area contributed by atoms with E-state index in [-0.39, 0.29) is 28.9 Å². The van der Waals surface area contributed by atoms with Crippen LogP contribution in [0, 0.1) is 16.0 Å². The fraction of sp³-hybridized carbons (Fsp3) is 0.364. The number of phenolic OH excluding ortho intramolecular Hbond substituents is 1. The van der Waals surface area contributed by atoms with Gasteiger partial charge >= 0.3 is 0 Å². The molecule has 1 atom stereocenters. The number of amides is 1. The lowest BCUT2D eigenvalue weighted by atomic mass is 10.1. The van der Waals surface area contributed by atoms with Crippen molar-refractivity contribution in [2.45, 2.75) is 13.3 Å². The quantitative estimate of drug-likeness (QED) is 0.414. The highest BCUT2D eigenvalue weighted by molar-refractivity contribution is 5.93. The summed E-state index contributed by atoms with van der Waals surface area (Å²) in [7, 11) is 0. The van der Waals surface area contributed by atoms with E-state index in [1.54, 1.807) is 6.92 Å². The number of benzene rings is 1. The zero-order valence-corrected chi connectivity index (χ0v) is 9.92. The van der Waals surface area contributed by atoms with Crippen LogP contribution in [0.1, 0.15) is 13.3 Å². The lowest BCUT2D eigenvalue weighted by molar-refractivity contribution is -0.384. The summed E-state index contributed by atoms with van der Waals surface area (Å²) < 4.78 is 0. The Hall–Kier alpha value is -2.15. The van der Waals surface area contributed by atoms with Gasteiger partial charge < -0.3 is 16.2 Å². The largest absolute Gasteiger partial charge is 0.506 e. The van der Waals surface area contributed by atoms with Gasteiger partial charge in [0.15, 0.2) is 0 Å². The molecule has 7 nitrogen and oxygen atoms in total. The van der Waals surface area contributed by atoms with E-state index in [1.165, 1.54) is 12.1 Å². The van der Waals surface area contributed by atoms with Crippen LogP contribution in [-0.4, -0.2) is 22.5 Å². The van der Waals surface area contributed by atoms with Crippen LogP contribution in [0.25, 0.3) is 0 Å². The maximum absolute atomic E-state index is 11.7. The third-order valence-electron chi connectivity index (χ3n) is 2.50. The van der Waals surface area contributed by atoms with Gasteiger partial charge in [0.2, 0.25) is 5.91 Å². The molecule has 0 bridgehead atoms. The monoisotopic (exact) mass is 253 g/mol. The smallest absolute Gasteiger partial charge is 0.273 e. The Morgan fingerprint density at radius 2 is 2.28 bits per heavy atom. The van der Waals surface area contributed by atoms with Crippen LogP contribution in [0.15, 0.2) is 18.2 Å². The van der Waals surface area contributed by atoms with Gasteiger partial charge in [-0.15, -0.1) is 0 Å². The fourth-order valence-electron chi connectivity index (χ4n) is 1.38. The summed E-state index contributed by atoms with van der Waals surface area (Å²) in [6.07, 6.45) is 0.527. The molecule has 0 spiro atoms. The summed E-state index contributed by atoms with van der Waals surface area (Å²) >= 11 is 0. The molecule has 0 saturated carbocycles. The van der Waals surface area contributed by atoms with E-state index in [9.17, 15) is 20.0 Å². The van der Waals surface area contributed by atoms with Crippen LogP contribution in [0.2, 0.25) is 0 Å². The summed E-state index contributed by atoms with van der Waals surface area (Å²) in [5, 5.41) is 22.5. The molecule has 0 aliphatic rings. The van der Waals surface area contributed by atoms with Gasteiger partial charge in [0, 0.05) is 12.0 Å². The van der Waals surface area contributed by atoms with Crippen LogP contribution in [0.4, 0.5) is 11.4 Å². The van der Waals surface area contributed by atoms with Crippen LogP contribution in [0.5, 0.6) is 5.75 Å². The van der Waals surface area contributed by atoms with Gasteiger partial charge in [-0.2, -0.15) is 0 Å². The molecular formula is C11H15N3O4. The molecule has 0 heterocycles. The number of carbonyl (C=O) groups excluding carboxylic acids is 1. The third-order valence-corrected chi connectivity index (χ3v) is 2.50. The molecule has 98 valence electrons. The topological polar surface area (TPSA) is 118 Å². The summed E-state index contributed by atoms with van der Waals surface area (Å²) in [4.78, 5) is 21.5. The predicted octanol–water partition coefficient (Wildman–Crippen LogP) is 1.22. The average Bonchev–Trinajstić information content (AvgIpc) is 2.31. The van der Waals surface area contributed by atoms with Gasteiger partial charge in [-0.1, -0.05) is 6.92 Å². The number of hydrogen-bond acceptors (Lipinski definition) is 5. The van der Waals surface area contributed by atoms with E-state index in [0.29, 0.717) is 13.0 Å². The number of nitrogens with zero attached hydrogens (tertiary/aromatic N) is 1. The number of nitrogens with one attached hydrogen (secondary N) is 1. The Bertz CT molecular complexity index is 462. The van der Waals surface area contributed by atoms with Crippen LogP contribution < -0.4 is 11.1 Å². The highest BCUT2D eigenvalue weighted by Gasteiger charge is 2.15. The molecule has 18 heavy (non-hydrogen) atoms. The number of phenols is 1. The minimum Gasteiger partial charge on any atom is -0.506 e. The number of aromatic hydroxyl groups is 1. The van der Waals surface area contributed by atoms with Gasteiger partial charge in [0.1, 0.15) is 5.75 Å². The van der Waals surface area contributed by atoms with Gasteiger partial charge in [-0.3, -0.25) is 14.9 Å². The number of nitro groups is 1. The minimum absolute atomic E-state index is 0.148. The molecule has 0 aromatic heterocycles. The van der Waals surface area contributed by atoms with Crippen molar-refractivity contribution in [1.29, 1.82) is 0 Å². The maximum atomic E-state index is 11.7. The summed E-state index contributed by atoms with van der Waals surface area (Å²) in [6, 6.07) is 3.49. The Morgan fingerprint density at radius 1 is 1.61 bits per heavy atom. The first kappa shape index (κ1) is 13.9. The maximum Gasteiger partial charge on any atom is 0.273 e. The van der Waals surface area contributed by atoms with Crippen LogP contribution in [-0.2, 0) is 4.79 Å². The van der Waals surface area contributed by atoms with Gasteiger partial charge in [0.05, 0.1) is 16.7 Å². The number of anilines is 1. The first-order valence-electron chi connectivity index (χ1n) is 5.44. The Morgan fingerprint density at radius 3 is 2.78 bits per heavy atom. The van der Waals surface area contributed by atoms with Crippen molar-refractivity contribution in [3.63, 3.8) is 0 Å². The summed E-state index contributed by atoms with van der Waals surface area (Å²) in [5.74, 6) is -0.910. The molecule has 7 heteroatoms. The van der Waals surface area contributed by atoms with E-state index >= 15 is 0 Å². The van der Waals surface area contributed by atoms with Crippen molar-refractivity contribution in [2.75, 3.05) is 11.9 Å². The number of non-ortho nitro benzene ring substituents is 1. The van der Waals surface area contributed by atoms with Gasteiger partial charge in [-0.05, 0) is 19.0 Å².